The lowest BCUT2D eigenvalue weighted by Crippen LogP contribution is -2.30. The summed E-state index contributed by atoms with van der Waals surface area (Å²) in [4.78, 5) is 35.8. The lowest BCUT2D eigenvalue weighted by Gasteiger charge is -2.17. The van der Waals surface area contributed by atoms with Crippen molar-refractivity contribution in [1.29, 1.82) is 0 Å². The fourth-order valence-corrected chi connectivity index (χ4v) is 2.48. The largest absolute Gasteiger partial charge is 0.456 e. The Hall–Kier alpha value is -1.79. The van der Waals surface area contributed by atoms with Gasteiger partial charge in [-0.2, -0.15) is 0 Å². The summed E-state index contributed by atoms with van der Waals surface area (Å²) in [5, 5.41) is 3.57. The molecule has 1 aromatic rings. The van der Waals surface area contributed by atoms with E-state index in [0.29, 0.717) is 29.6 Å². The van der Waals surface area contributed by atoms with Gasteiger partial charge in [0.2, 0.25) is 5.91 Å². The Morgan fingerprint density at radius 1 is 1.12 bits per heavy atom. The summed E-state index contributed by atoms with van der Waals surface area (Å²) >= 11 is 11.8. The number of carbonyl (C=O) groups excluding carboxylic acids is 3. The minimum absolute atomic E-state index is 0.0621. The van der Waals surface area contributed by atoms with E-state index in [1.165, 1.54) is 11.8 Å². The Kier molecular flexibility index (Phi) is 10.1. The van der Waals surface area contributed by atoms with Crippen LogP contribution in [-0.4, -0.2) is 42.9 Å². The number of amides is 2. The molecular formula is C18H24Cl2N2O4. The molecule has 1 aromatic carbocycles. The third-order valence-corrected chi connectivity index (χ3v) is 4.36. The number of halogens is 2. The smallest absolute Gasteiger partial charge is 0.306 e. The van der Waals surface area contributed by atoms with Crippen molar-refractivity contribution in [2.24, 2.45) is 0 Å². The molecule has 2 amide bonds. The average molecular weight is 403 g/mol. The summed E-state index contributed by atoms with van der Waals surface area (Å²) < 4.78 is 5.00. The van der Waals surface area contributed by atoms with Crippen LogP contribution in [0.2, 0.25) is 10.0 Å². The number of carbonyl (C=O) groups is 3. The molecule has 144 valence electrons. The van der Waals surface area contributed by atoms with Gasteiger partial charge >= 0.3 is 5.97 Å². The first-order valence-corrected chi connectivity index (χ1v) is 9.13. The number of unbranched alkanes of at least 4 members (excludes halogenated alkanes) is 2. The van der Waals surface area contributed by atoms with Gasteiger partial charge in [0.1, 0.15) is 0 Å². The van der Waals surface area contributed by atoms with Crippen LogP contribution in [0.4, 0.5) is 0 Å². The highest BCUT2D eigenvalue weighted by molar-refractivity contribution is 6.42. The zero-order chi connectivity index (χ0) is 19.5. The summed E-state index contributed by atoms with van der Waals surface area (Å²) in [6.07, 6.45) is 2.52. The van der Waals surface area contributed by atoms with E-state index >= 15 is 0 Å². The Balaban J connectivity index is 2.22. The lowest BCUT2D eigenvalue weighted by atomic mass is 10.2. The van der Waals surface area contributed by atoms with Crippen LogP contribution in [0.5, 0.6) is 0 Å². The van der Waals surface area contributed by atoms with Crippen LogP contribution in [-0.2, 0) is 25.7 Å². The average Bonchev–Trinajstić information content (AvgIpc) is 2.58. The van der Waals surface area contributed by atoms with Crippen LogP contribution < -0.4 is 5.32 Å². The molecule has 1 rings (SSSR count). The van der Waals surface area contributed by atoms with Gasteiger partial charge in [-0.1, -0.05) is 35.7 Å². The van der Waals surface area contributed by atoms with Gasteiger partial charge in [-0.3, -0.25) is 14.4 Å². The maximum absolute atomic E-state index is 12.0. The minimum atomic E-state index is -0.402. The van der Waals surface area contributed by atoms with Crippen molar-refractivity contribution in [3.8, 4) is 0 Å². The zero-order valence-corrected chi connectivity index (χ0v) is 16.5. The van der Waals surface area contributed by atoms with E-state index in [-0.39, 0.29) is 24.8 Å². The number of hydrogen-bond acceptors (Lipinski definition) is 4. The fraction of sp³-hybridized carbons (Fsp3) is 0.500. The monoisotopic (exact) mass is 402 g/mol. The number of likely N-dealkylation sites (N-methyl/N-ethyl adjacent to an activating group) is 1. The summed E-state index contributed by atoms with van der Waals surface area (Å²) in [7, 11) is 1.63. The third kappa shape index (κ3) is 9.06. The zero-order valence-electron chi connectivity index (χ0n) is 15.0. The molecule has 0 fully saturated rings. The third-order valence-electron chi connectivity index (χ3n) is 3.62. The Bertz CT molecular complexity index is 638. The van der Waals surface area contributed by atoms with E-state index < -0.39 is 5.97 Å². The second-order valence-electron chi connectivity index (χ2n) is 5.95. The molecule has 0 spiro atoms. The van der Waals surface area contributed by atoms with Gasteiger partial charge in [0, 0.05) is 33.5 Å². The number of nitrogens with one attached hydrogen (secondary N) is 1. The van der Waals surface area contributed by atoms with Crippen LogP contribution in [0.1, 0.15) is 38.2 Å². The molecule has 8 heteroatoms. The summed E-state index contributed by atoms with van der Waals surface area (Å²) in [6, 6.07) is 5.15. The van der Waals surface area contributed by atoms with Gasteiger partial charge in [0.25, 0.3) is 5.91 Å². The first-order chi connectivity index (χ1) is 12.3. The Morgan fingerprint density at radius 3 is 2.50 bits per heavy atom. The maximum atomic E-state index is 12.0. The topological polar surface area (TPSA) is 75.7 Å². The minimum Gasteiger partial charge on any atom is -0.456 e. The number of benzene rings is 1. The van der Waals surface area contributed by atoms with Crippen molar-refractivity contribution in [3.63, 3.8) is 0 Å². The molecule has 0 bridgehead atoms. The molecule has 0 radical (unpaired) electrons. The van der Waals surface area contributed by atoms with Gasteiger partial charge in [0.15, 0.2) is 6.61 Å². The summed E-state index contributed by atoms with van der Waals surface area (Å²) in [6.45, 7) is 2.12. The SMILES string of the molecule is CC(=O)NCCCCCC(=O)OCC(=O)N(C)Cc1ccc(Cl)c(Cl)c1. The van der Waals surface area contributed by atoms with Crippen molar-refractivity contribution in [2.75, 3.05) is 20.2 Å². The normalized spacial score (nSPS) is 10.3. The quantitative estimate of drug-likeness (QED) is 0.481. The number of rotatable bonds is 10. The lowest BCUT2D eigenvalue weighted by molar-refractivity contribution is -0.151. The van der Waals surface area contributed by atoms with Crippen LogP contribution in [0.15, 0.2) is 18.2 Å². The molecule has 0 aliphatic heterocycles. The number of hydrogen-bond donors (Lipinski definition) is 1. The van der Waals surface area contributed by atoms with E-state index in [9.17, 15) is 14.4 Å². The molecule has 0 saturated heterocycles. The molecule has 0 aromatic heterocycles. The first kappa shape index (κ1) is 22.3. The van der Waals surface area contributed by atoms with Gasteiger partial charge in [-0.15, -0.1) is 0 Å². The molecule has 0 heterocycles. The Morgan fingerprint density at radius 2 is 1.85 bits per heavy atom. The highest BCUT2D eigenvalue weighted by Gasteiger charge is 2.13. The summed E-state index contributed by atoms with van der Waals surface area (Å²) in [5.74, 6) is -0.760. The predicted octanol–water partition coefficient (Wildman–Crippen LogP) is 3.19. The van der Waals surface area contributed by atoms with E-state index in [1.807, 2.05) is 0 Å². The highest BCUT2D eigenvalue weighted by Crippen LogP contribution is 2.23. The van der Waals surface area contributed by atoms with Crippen molar-refractivity contribution < 1.29 is 19.1 Å². The van der Waals surface area contributed by atoms with Crippen molar-refractivity contribution in [2.45, 2.75) is 39.2 Å². The fourth-order valence-electron chi connectivity index (χ4n) is 2.16. The van der Waals surface area contributed by atoms with E-state index in [4.69, 9.17) is 27.9 Å². The predicted molar refractivity (Wildman–Crippen MR) is 101 cm³/mol. The van der Waals surface area contributed by atoms with Crippen molar-refractivity contribution in [3.05, 3.63) is 33.8 Å². The second kappa shape index (κ2) is 11.8. The van der Waals surface area contributed by atoms with E-state index in [2.05, 4.69) is 5.32 Å². The van der Waals surface area contributed by atoms with Gasteiger partial charge in [-0.05, 0) is 30.5 Å². The molecule has 0 aliphatic rings. The molecule has 26 heavy (non-hydrogen) atoms. The molecule has 0 atom stereocenters. The van der Waals surface area contributed by atoms with Crippen LogP contribution >= 0.6 is 23.2 Å². The van der Waals surface area contributed by atoms with Crippen molar-refractivity contribution >= 4 is 41.0 Å². The maximum Gasteiger partial charge on any atom is 0.306 e. The van der Waals surface area contributed by atoms with Crippen molar-refractivity contribution in [1.82, 2.24) is 10.2 Å². The van der Waals surface area contributed by atoms with E-state index in [0.717, 1.165) is 18.4 Å². The Labute approximate surface area is 163 Å². The summed E-state index contributed by atoms with van der Waals surface area (Å²) in [5.41, 5.74) is 0.834. The van der Waals surface area contributed by atoms with Crippen LogP contribution in [0.25, 0.3) is 0 Å². The van der Waals surface area contributed by atoms with Crippen LogP contribution in [0, 0.1) is 0 Å². The molecule has 6 nitrogen and oxygen atoms in total. The van der Waals surface area contributed by atoms with Gasteiger partial charge in [-0.25, -0.2) is 0 Å². The van der Waals surface area contributed by atoms with Gasteiger partial charge < -0.3 is 15.0 Å². The molecule has 0 unspecified atom stereocenters. The molecule has 0 saturated carbocycles. The molecule has 0 aliphatic carbocycles. The van der Waals surface area contributed by atoms with Crippen LogP contribution in [0.3, 0.4) is 0 Å². The highest BCUT2D eigenvalue weighted by atomic mass is 35.5. The van der Waals surface area contributed by atoms with E-state index in [1.54, 1.807) is 25.2 Å². The standard InChI is InChI=1S/C18H24Cl2N2O4/c1-13(23)21-9-5-3-4-6-18(25)26-12-17(24)22(2)11-14-7-8-15(19)16(20)10-14/h7-8,10H,3-6,9,11-12H2,1-2H3,(H,21,23). The number of ether oxygens (including phenoxy) is 1. The second-order valence-corrected chi connectivity index (χ2v) is 6.77. The molecule has 1 N–H and O–H groups in total. The number of esters is 1. The molecular weight excluding hydrogens is 379 g/mol. The van der Waals surface area contributed by atoms with Gasteiger partial charge in [0.05, 0.1) is 10.0 Å². The number of nitrogens with zero attached hydrogens (tertiary/aromatic N) is 1. The first-order valence-electron chi connectivity index (χ1n) is 8.37.